The second-order valence-electron chi connectivity index (χ2n) is 4.12. The molecule has 0 aliphatic heterocycles. The smallest absolute Gasteiger partial charge is 0.276 e. The minimum Gasteiger partial charge on any atom is -0.380 e. The SMILES string of the molecule is CCONC(=O)c1ccccc1NCc1ccncc1. The fourth-order valence-corrected chi connectivity index (χ4v) is 1.73. The predicted molar refractivity (Wildman–Crippen MR) is 77.1 cm³/mol. The molecule has 5 heteroatoms. The van der Waals surface area contributed by atoms with Gasteiger partial charge in [0.15, 0.2) is 0 Å². The maximum atomic E-state index is 11.9. The highest BCUT2D eigenvalue weighted by Crippen LogP contribution is 2.16. The quantitative estimate of drug-likeness (QED) is 0.792. The van der Waals surface area contributed by atoms with E-state index < -0.39 is 0 Å². The molecule has 0 atom stereocenters. The van der Waals surface area contributed by atoms with Crippen LogP contribution in [-0.4, -0.2) is 17.5 Å². The second-order valence-corrected chi connectivity index (χ2v) is 4.12. The molecule has 2 rings (SSSR count). The largest absolute Gasteiger partial charge is 0.380 e. The normalized spacial score (nSPS) is 10.1. The molecule has 0 unspecified atom stereocenters. The van der Waals surface area contributed by atoms with Crippen LogP contribution in [0.5, 0.6) is 0 Å². The van der Waals surface area contributed by atoms with Crippen molar-refractivity contribution < 1.29 is 9.63 Å². The van der Waals surface area contributed by atoms with Crippen molar-refractivity contribution in [1.82, 2.24) is 10.5 Å². The first-order valence-corrected chi connectivity index (χ1v) is 6.45. The Morgan fingerprint density at radius 2 is 1.95 bits per heavy atom. The molecular weight excluding hydrogens is 254 g/mol. The van der Waals surface area contributed by atoms with Gasteiger partial charge in [-0.25, -0.2) is 5.48 Å². The van der Waals surface area contributed by atoms with Gasteiger partial charge < -0.3 is 5.32 Å². The van der Waals surface area contributed by atoms with E-state index in [1.807, 2.05) is 37.3 Å². The summed E-state index contributed by atoms with van der Waals surface area (Å²) in [4.78, 5) is 20.9. The van der Waals surface area contributed by atoms with Crippen LogP contribution in [0.25, 0.3) is 0 Å². The summed E-state index contributed by atoms with van der Waals surface area (Å²) < 4.78 is 0. The zero-order valence-corrected chi connectivity index (χ0v) is 11.3. The number of para-hydroxylation sites is 1. The molecule has 1 aromatic heterocycles. The van der Waals surface area contributed by atoms with Gasteiger partial charge in [0.25, 0.3) is 5.91 Å². The molecule has 20 heavy (non-hydrogen) atoms. The van der Waals surface area contributed by atoms with Gasteiger partial charge in [-0.3, -0.25) is 14.6 Å². The maximum Gasteiger partial charge on any atom is 0.276 e. The standard InChI is InChI=1S/C15H17N3O2/c1-2-20-18-15(19)13-5-3-4-6-14(13)17-11-12-7-9-16-10-8-12/h3-10,17H,2,11H2,1H3,(H,18,19). The molecule has 0 spiro atoms. The van der Waals surface area contributed by atoms with Gasteiger partial charge in [-0.2, -0.15) is 0 Å². The lowest BCUT2D eigenvalue weighted by atomic mass is 10.1. The van der Waals surface area contributed by atoms with Crippen molar-refractivity contribution in [3.05, 3.63) is 59.9 Å². The van der Waals surface area contributed by atoms with Gasteiger partial charge in [-0.1, -0.05) is 12.1 Å². The number of hydroxylamine groups is 1. The van der Waals surface area contributed by atoms with Gasteiger partial charge in [-0.05, 0) is 36.8 Å². The lowest BCUT2D eigenvalue weighted by Gasteiger charge is -2.11. The maximum absolute atomic E-state index is 11.9. The van der Waals surface area contributed by atoms with Crippen molar-refractivity contribution in [3.63, 3.8) is 0 Å². The Kier molecular flexibility index (Phi) is 5.08. The van der Waals surface area contributed by atoms with E-state index in [0.29, 0.717) is 18.7 Å². The Labute approximate surface area is 117 Å². The molecule has 104 valence electrons. The van der Waals surface area contributed by atoms with E-state index in [-0.39, 0.29) is 5.91 Å². The summed E-state index contributed by atoms with van der Waals surface area (Å²) >= 11 is 0. The topological polar surface area (TPSA) is 63.2 Å². The third kappa shape index (κ3) is 3.80. The molecule has 1 amide bonds. The van der Waals surface area contributed by atoms with Gasteiger partial charge >= 0.3 is 0 Å². The Balaban J connectivity index is 2.06. The van der Waals surface area contributed by atoms with Crippen molar-refractivity contribution in [2.75, 3.05) is 11.9 Å². The second kappa shape index (κ2) is 7.25. The first-order valence-electron chi connectivity index (χ1n) is 6.45. The van der Waals surface area contributed by atoms with E-state index >= 15 is 0 Å². The summed E-state index contributed by atoms with van der Waals surface area (Å²) in [6.07, 6.45) is 3.48. The number of benzene rings is 1. The zero-order chi connectivity index (χ0) is 14.2. The Bertz CT molecular complexity index is 558. The molecule has 0 radical (unpaired) electrons. The van der Waals surface area contributed by atoms with E-state index in [0.717, 1.165) is 11.3 Å². The fraction of sp³-hybridized carbons (Fsp3) is 0.200. The van der Waals surface area contributed by atoms with E-state index in [2.05, 4.69) is 15.8 Å². The van der Waals surface area contributed by atoms with Crippen LogP contribution in [-0.2, 0) is 11.4 Å². The van der Waals surface area contributed by atoms with Gasteiger partial charge in [0, 0.05) is 24.6 Å². The Morgan fingerprint density at radius 3 is 2.70 bits per heavy atom. The molecule has 2 aromatic rings. The zero-order valence-electron chi connectivity index (χ0n) is 11.3. The van der Waals surface area contributed by atoms with Crippen molar-refractivity contribution in [1.29, 1.82) is 0 Å². The van der Waals surface area contributed by atoms with Crippen LogP contribution >= 0.6 is 0 Å². The van der Waals surface area contributed by atoms with Crippen LogP contribution in [0.4, 0.5) is 5.69 Å². The van der Waals surface area contributed by atoms with E-state index in [4.69, 9.17) is 4.84 Å². The molecule has 0 fully saturated rings. The highest BCUT2D eigenvalue weighted by molar-refractivity contribution is 5.98. The van der Waals surface area contributed by atoms with Crippen LogP contribution in [0.1, 0.15) is 22.8 Å². The summed E-state index contributed by atoms with van der Waals surface area (Å²) in [7, 11) is 0. The number of anilines is 1. The van der Waals surface area contributed by atoms with Crippen LogP contribution in [0, 0.1) is 0 Å². The number of hydrogen-bond donors (Lipinski definition) is 2. The minimum atomic E-state index is -0.260. The van der Waals surface area contributed by atoms with Crippen molar-refractivity contribution in [2.24, 2.45) is 0 Å². The van der Waals surface area contributed by atoms with Gasteiger partial charge in [0.2, 0.25) is 0 Å². The highest BCUT2D eigenvalue weighted by atomic mass is 16.6. The van der Waals surface area contributed by atoms with Crippen LogP contribution in [0.15, 0.2) is 48.8 Å². The monoisotopic (exact) mass is 271 g/mol. The van der Waals surface area contributed by atoms with Crippen LogP contribution in [0.3, 0.4) is 0 Å². The fourth-order valence-electron chi connectivity index (χ4n) is 1.73. The van der Waals surface area contributed by atoms with E-state index in [1.54, 1.807) is 18.5 Å². The molecule has 2 N–H and O–H groups in total. The molecule has 0 saturated carbocycles. The third-order valence-corrected chi connectivity index (χ3v) is 2.71. The number of pyridine rings is 1. The molecule has 1 heterocycles. The van der Waals surface area contributed by atoms with Crippen LogP contribution < -0.4 is 10.8 Å². The lowest BCUT2D eigenvalue weighted by molar-refractivity contribution is 0.0365. The number of carbonyl (C=O) groups excluding carboxylic acids is 1. The summed E-state index contributed by atoms with van der Waals surface area (Å²) in [5.74, 6) is -0.260. The Hall–Kier alpha value is -2.40. The van der Waals surface area contributed by atoms with Crippen molar-refractivity contribution >= 4 is 11.6 Å². The van der Waals surface area contributed by atoms with Gasteiger partial charge in [0.1, 0.15) is 0 Å². The molecule has 0 saturated heterocycles. The molecule has 0 aliphatic rings. The number of nitrogens with zero attached hydrogens (tertiary/aromatic N) is 1. The molecular formula is C15H17N3O2. The number of hydrogen-bond acceptors (Lipinski definition) is 4. The molecule has 0 aliphatic carbocycles. The van der Waals surface area contributed by atoms with Crippen molar-refractivity contribution in [3.8, 4) is 0 Å². The number of nitrogens with one attached hydrogen (secondary N) is 2. The summed E-state index contributed by atoms with van der Waals surface area (Å²) in [6.45, 7) is 2.87. The Morgan fingerprint density at radius 1 is 1.20 bits per heavy atom. The minimum absolute atomic E-state index is 0.260. The number of aromatic nitrogens is 1. The highest BCUT2D eigenvalue weighted by Gasteiger charge is 2.10. The summed E-state index contributed by atoms with van der Waals surface area (Å²) in [6, 6.07) is 11.2. The summed E-state index contributed by atoms with van der Waals surface area (Å²) in [5.41, 5.74) is 4.81. The summed E-state index contributed by atoms with van der Waals surface area (Å²) in [5, 5.41) is 3.24. The average Bonchev–Trinajstić information content (AvgIpc) is 2.52. The predicted octanol–water partition coefficient (Wildman–Crippen LogP) is 2.38. The van der Waals surface area contributed by atoms with Crippen molar-refractivity contribution in [2.45, 2.75) is 13.5 Å². The number of rotatable bonds is 6. The van der Waals surface area contributed by atoms with Gasteiger partial charge in [0.05, 0.1) is 12.2 Å². The van der Waals surface area contributed by atoms with E-state index in [9.17, 15) is 4.79 Å². The first kappa shape index (κ1) is 14.0. The number of amides is 1. The molecule has 0 bridgehead atoms. The lowest BCUT2D eigenvalue weighted by Crippen LogP contribution is -2.24. The first-order chi connectivity index (χ1) is 9.81. The van der Waals surface area contributed by atoms with Crippen LogP contribution in [0.2, 0.25) is 0 Å². The third-order valence-electron chi connectivity index (χ3n) is 2.71. The molecule has 1 aromatic carbocycles. The number of carbonyl (C=O) groups is 1. The average molecular weight is 271 g/mol. The van der Waals surface area contributed by atoms with E-state index in [1.165, 1.54) is 0 Å². The molecule has 5 nitrogen and oxygen atoms in total. The van der Waals surface area contributed by atoms with Gasteiger partial charge in [-0.15, -0.1) is 0 Å².